The highest BCUT2D eigenvalue weighted by Gasteiger charge is 2.24. The minimum Gasteiger partial charge on any atom is -0.480 e. The summed E-state index contributed by atoms with van der Waals surface area (Å²) < 4.78 is 0. The Bertz CT molecular complexity index is 830. The van der Waals surface area contributed by atoms with Gasteiger partial charge in [-0.15, -0.1) is 0 Å². The number of ketones is 1. The van der Waals surface area contributed by atoms with Gasteiger partial charge in [-0.05, 0) is 44.4 Å². The lowest BCUT2D eigenvalue weighted by atomic mass is 10.2. The Hall–Kier alpha value is -2.32. The fourth-order valence-electron chi connectivity index (χ4n) is 3.82. The summed E-state index contributed by atoms with van der Waals surface area (Å²) in [5.41, 5.74) is 0. The summed E-state index contributed by atoms with van der Waals surface area (Å²) in [7, 11) is 0. The van der Waals surface area contributed by atoms with E-state index in [9.17, 15) is 28.8 Å². The normalized spacial score (nSPS) is 14.4. The van der Waals surface area contributed by atoms with E-state index in [4.69, 9.17) is 5.11 Å². The van der Waals surface area contributed by atoms with Crippen molar-refractivity contribution in [3.63, 3.8) is 0 Å². The molecule has 2 aliphatic carbocycles. The van der Waals surface area contributed by atoms with Crippen molar-refractivity contribution in [1.29, 1.82) is 0 Å². The lowest BCUT2D eigenvalue weighted by molar-refractivity contribution is -0.138. The van der Waals surface area contributed by atoms with Gasteiger partial charge in [0.1, 0.15) is 12.3 Å². The third-order valence-corrected chi connectivity index (χ3v) is 8.33. The molecule has 4 amide bonds. The minimum atomic E-state index is -1.12. The van der Waals surface area contributed by atoms with Crippen molar-refractivity contribution in [2.45, 2.75) is 63.8 Å². The second kappa shape index (κ2) is 20.5. The van der Waals surface area contributed by atoms with Gasteiger partial charge in [0.05, 0.1) is 18.1 Å². The van der Waals surface area contributed by atoms with Gasteiger partial charge in [-0.25, -0.2) is 0 Å². The molecule has 2 saturated carbocycles. The number of carboxylic acids is 1. The molecule has 0 spiro atoms. The average molecular weight is 616 g/mol. The average Bonchev–Trinajstić information content (AvgIpc) is 3.86. The number of rotatable bonds is 25. The van der Waals surface area contributed by atoms with Gasteiger partial charge in [0, 0.05) is 63.0 Å². The Morgan fingerprint density at radius 2 is 1.32 bits per heavy atom. The summed E-state index contributed by atoms with van der Waals surface area (Å²) in [6, 6.07) is 0.335. The fraction of sp³-hybridized carbons (Fsp3) is 0.778. The Balaban J connectivity index is 1.56. The van der Waals surface area contributed by atoms with Gasteiger partial charge < -0.3 is 26.4 Å². The molecule has 0 unspecified atom stereocenters. The summed E-state index contributed by atoms with van der Waals surface area (Å²) in [4.78, 5) is 72.4. The standard InChI is InChI=1S/C27H45N5O7S2/c33-22(15-20-3-4-20)18-40-13-7-23(34)28-9-1-11-32(17-25(36)30-16-27(38)39)12-2-10-29-24(35)8-14-41-19-26(37)31-21-5-6-21/h20-21H,1-19H2,(H,28,34)(H,29,35)(H,30,36)(H,31,37)(H,38,39). The Kier molecular flexibility index (Phi) is 17.5. The van der Waals surface area contributed by atoms with Crippen LogP contribution in [0.15, 0.2) is 0 Å². The number of carbonyl (C=O) groups is 6. The first-order valence-electron chi connectivity index (χ1n) is 14.4. The molecule has 0 heterocycles. The van der Waals surface area contributed by atoms with Crippen LogP contribution in [0.5, 0.6) is 0 Å². The smallest absolute Gasteiger partial charge is 0.322 e. The number of carbonyl (C=O) groups excluding carboxylic acids is 5. The van der Waals surface area contributed by atoms with E-state index in [0.717, 1.165) is 25.7 Å². The molecule has 0 aromatic carbocycles. The maximum atomic E-state index is 12.1. The molecule has 0 atom stereocenters. The van der Waals surface area contributed by atoms with Crippen LogP contribution in [0.25, 0.3) is 0 Å². The van der Waals surface area contributed by atoms with E-state index in [1.54, 1.807) is 0 Å². The maximum absolute atomic E-state index is 12.1. The SMILES string of the molecule is O=C(O)CNC(=O)CN(CCCNC(=O)CCSCC(=O)CC1CC1)CCCNC(=O)CCSCC(=O)NC1CC1. The van der Waals surface area contributed by atoms with Crippen molar-refractivity contribution in [2.24, 2.45) is 5.92 Å². The topological polar surface area (TPSA) is 174 Å². The Morgan fingerprint density at radius 1 is 0.732 bits per heavy atom. The van der Waals surface area contributed by atoms with Gasteiger partial charge in [-0.1, -0.05) is 0 Å². The maximum Gasteiger partial charge on any atom is 0.322 e. The molecule has 5 N–H and O–H groups in total. The molecular formula is C27H45N5O7S2. The van der Waals surface area contributed by atoms with E-state index in [0.29, 0.717) is 93.3 Å². The van der Waals surface area contributed by atoms with Crippen molar-refractivity contribution in [2.75, 3.05) is 62.3 Å². The third kappa shape index (κ3) is 20.2. The number of hydrogen-bond donors (Lipinski definition) is 5. The molecule has 0 aromatic rings. The van der Waals surface area contributed by atoms with Gasteiger partial charge in [0.2, 0.25) is 23.6 Å². The summed E-state index contributed by atoms with van der Waals surface area (Å²) in [5.74, 6) is 1.11. The molecule has 0 bridgehead atoms. The summed E-state index contributed by atoms with van der Waals surface area (Å²) in [6.07, 6.45) is 6.92. The molecule has 41 heavy (non-hydrogen) atoms. The van der Waals surface area contributed by atoms with Crippen LogP contribution in [0.2, 0.25) is 0 Å². The van der Waals surface area contributed by atoms with E-state index in [2.05, 4.69) is 21.3 Å². The van der Waals surface area contributed by atoms with Crippen molar-refractivity contribution in [3.8, 4) is 0 Å². The molecule has 0 aliphatic heterocycles. The molecule has 0 aromatic heterocycles. The van der Waals surface area contributed by atoms with Crippen molar-refractivity contribution < 1.29 is 33.9 Å². The van der Waals surface area contributed by atoms with Crippen LogP contribution in [-0.2, 0) is 28.8 Å². The fourth-order valence-corrected chi connectivity index (χ4v) is 5.38. The van der Waals surface area contributed by atoms with Crippen LogP contribution in [0.3, 0.4) is 0 Å². The number of thioether (sulfide) groups is 2. The lowest BCUT2D eigenvalue weighted by Crippen LogP contribution is -2.41. The number of nitrogens with one attached hydrogen (secondary N) is 4. The van der Waals surface area contributed by atoms with Crippen LogP contribution in [0.1, 0.15) is 57.8 Å². The molecule has 12 nitrogen and oxygen atoms in total. The zero-order valence-electron chi connectivity index (χ0n) is 23.8. The van der Waals surface area contributed by atoms with Crippen molar-refractivity contribution in [1.82, 2.24) is 26.2 Å². The number of aliphatic carboxylic acids is 1. The number of nitrogens with zero attached hydrogens (tertiary/aromatic N) is 1. The van der Waals surface area contributed by atoms with Gasteiger partial charge in [-0.2, -0.15) is 23.5 Å². The summed E-state index contributed by atoms with van der Waals surface area (Å²) >= 11 is 2.92. The predicted octanol–water partition coefficient (Wildman–Crippen LogP) is 0.396. The monoisotopic (exact) mass is 615 g/mol. The highest BCUT2D eigenvalue weighted by atomic mass is 32.2. The molecule has 0 radical (unpaired) electrons. The van der Waals surface area contributed by atoms with E-state index in [1.165, 1.54) is 23.5 Å². The molecule has 14 heteroatoms. The zero-order valence-corrected chi connectivity index (χ0v) is 25.4. The number of Topliss-reactive ketones (excluding diaryl/α,β-unsaturated/α-hetero) is 1. The van der Waals surface area contributed by atoms with Gasteiger partial charge in [-0.3, -0.25) is 33.7 Å². The molecule has 0 saturated heterocycles. The molecule has 2 fully saturated rings. The molecular weight excluding hydrogens is 570 g/mol. The third-order valence-electron chi connectivity index (χ3n) is 6.35. The number of amides is 4. The highest BCUT2D eigenvalue weighted by molar-refractivity contribution is 8.00. The second-order valence-corrected chi connectivity index (χ2v) is 12.7. The van der Waals surface area contributed by atoms with Gasteiger partial charge in [0.25, 0.3) is 0 Å². The van der Waals surface area contributed by atoms with Crippen LogP contribution >= 0.6 is 23.5 Å². The molecule has 2 aliphatic rings. The van der Waals surface area contributed by atoms with Gasteiger partial charge in [0.15, 0.2) is 0 Å². The van der Waals surface area contributed by atoms with E-state index in [1.807, 2.05) is 4.90 Å². The largest absolute Gasteiger partial charge is 0.480 e. The molecule has 232 valence electrons. The lowest BCUT2D eigenvalue weighted by Gasteiger charge is -2.22. The van der Waals surface area contributed by atoms with Crippen LogP contribution in [-0.4, -0.2) is 114 Å². The van der Waals surface area contributed by atoms with Crippen LogP contribution < -0.4 is 21.3 Å². The van der Waals surface area contributed by atoms with E-state index >= 15 is 0 Å². The van der Waals surface area contributed by atoms with Crippen molar-refractivity contribution >= 4 is 58.9 Å². The van der Waals surface area contributed by atoms with E-state index < -0.39 is 18.4 Å². The van der Waals surface area contributed by atoms with Gasteiger partial charge >= 0.3 is 5.97 Å². The first kappa shape index (κ1) is 34.9. The number of carboxylic acid groups (broad SMARTS) is 1. The first-order valence-corrected chi connectivity index (χ1v) is 16.7. The first-order chi connectivity index (χ1) is 19.7. The summed E-state index contributed by atoms with van der Waals surface area (Å²) in [5, 5.41) is 19.8. The summed E-state index contributed by atoms with van der Waals surface area (Å²) in [6.45, 7) is 1.44. The van der Waals surface area contributed by atoms with Crippen LogP contribution in [0.4, 0.5) is 0 Å². The van der Waals surface area contributed by atoms with Crippen molar-refractivity contribution in [3.05, 3.63) is 0 Å². The van der Waals surface area contributed by atoms with E-state index in [-0.39, 0.29) is 30.0 Å². The predicted molar refractivity (Wildman–Crippen MR) is 160 cm³/mol. The molecule has 2 rings (SSSR count). The Labute approximate surface area is 250 Å². The quantitative estimate of drug-likeness (QED) is 0.0905. The van der Waals surface area contributed by atoms with Crippen LogP contribution in [0, 0.1) is 5.92 Å². The zero-order chi connectivity index (χ0) is 29.9. The second-order valence-electron chi connectivity index (χ2n) is 10.5. The Morgan fingerprint density at radius 3 is 1.85 bits per heavy atom. The highest BCUT2D eigenvalue weighted by Crippen LogP contribution is 2.32. The minimum absolute atomic E-state index is 0.0102. The number of hydrogen-bond acceptors (Lipinski definition) is 9.